The van der Waals surface area contributed by atoms with Crippen molar-refractivity contribution in [1.82, 2.24) is 4.98 Å². The van der Waals surface area contributed by atoms with Gasteiger partial charge < -0.3 is 0 Å². The molecule has 2 N–H and O–H groups in total. The van der Waals surface area contributed by atoms with Gasteiger partial charge >= 0.3 is 172 Å². The van der Waals surface area contributed by atoms with Crippen molar-refractivity contribution in [3.8, 4) is 5.75 Å². The van der Waals surface area contributed by atoms with Gasteiger partial charge in [0.15, 0.2) is 0 Å². The van der Waals surface area contributed by atoms with Gasteiger partial charge in [-0.1, -0.05) is 0 Å². The van der Waals surface area contributed by atoms with Crippen LogP contribution in [-0.4, -0.2) is 33.4 Å². The summed E-state index contributed by atoms with van der Waals surface area (Å²) in [7, 11) is 0. The summed E-state index contributed by atoms with van der Waals surface area (Å²) in [5.41, 5.74) is 3.48. The summed E-state index contributed by atoms with van der Waals surface area (Å²) in [5.74, 6) is 1.43. The third kappa shape index (κ3) is 3.67. The molecule has 146 valence electrons. The fourth-order valence-corrected chi connectivity index (χ4v) is 7.92. The molecule has 1 aliphatic heterocycles. The van der Waals surface area contributed by atoms with Crippen LogP contribution >= 0.6 is 0 Å². The van der Waals surface area contributed by atoms with E-state index in [9.17, 15) is 4.39 Å². The van der Waals surface area contributed by atoms with Crippen LogP contribution < -0.4 is 10.1 Å². The van der Waals surface area contributed by atoms with Crippen LogP contribution in [0, 0.1) is 5.82 Å². The first-order valence-corrected chi connectivity index (χ1v) is 13.0. The van der Waals surface area contributed by atoms with Crippen LogP contribution in [0.15, 0.2) is 48.7 Å². The van der Waals surface area contributed by atoms with Gasteiger partial charge in [0.25, 0.3) is 0 Å². The van der Waals surface area contributed by atoms with Gasteiger partial charge in [0.2, 0.25) is 0 Å². The van der Waals surface area contributed by atoms with Crippen LogP contribution in [0.4, 0.5) is 10.1 Å². The molecule has 5 rings (SSSR count). The molecular weight excluding hydrogens is 414 g/mol. The van der Waals surface area contributed by atoms with E-state index in [1.54, 1.807) is 6.07 Å². The Hall–Kier alpha value is -1.93. The Morgan fingerprint density at radius 2 is 1.93 bits per heavy atom. The first-order chi connectivity index (χ1) is 13.8. The number of hydrogen-bond acceptors (Lipinski definition) is 2. The van der Waals surface area contributed by atoms with Crippen molar-refractivity contribution in [3.63, 3.8) is 0 Å². The van der Waals surface area contributed by atoms with Crippen LogP contribution in [0.2, 0.25) is 9.91 Å². The van der Waals surface area contributed by atoms with Crippen molar-refractivity contribution in [2.45, 2.75) is 47.6 Å². The standard InChI is InChI=1S/C23H26AsFN2O/c25-17-9-10-21-19(11-17)20(14-27-21)15-5-7-16(8-6-15)24-12-18-13-26-22-3-1-2-4-23(22)28-18/h1-4,9-11,14-16,18,24,26-27H,5-8,12-13H2. The molecule has 0 amide bonds. The van der Waals surface area contributed by atoms with Gasteiger partial charge in [0, 0.05) is 0 Å². The van der Waals surface area contributed by atoms with Gasteiger partial charge in [-0.3, -0.25) is 0 Å². The van der Waals surface area contributed by atoms with Crippen molar-refractivity contribution in [3.05, 3.63) is 60.0 Å². The third-order valence-corrected chi connectivity index (χ3v) is 10.1. The zero-order valence-electron chi connectivity index (χ0n) is 15.9. The molecular formula is C23H26AsFN2O. The Morgan fingerprint density at radius 3 is 2.82 bits per heavy atom. The predicted molar refractivity (Wildman–Crippen MR) is 115 cm³/mol. The molecule has 1 aliphatic carbocycles. The molecule has 0 bridgehead atoms. The number of rotatable bonds is 4. The van der Waals surface area contributed by atoms with Crippen molar-refractivity contribution in [2.24, 2.45) is 0 Å². The quantitative estimate of drug-likeness (QED) is 0.527. The second-order valence-corrected chi connectivity index (χ2v) is 11.4. The van der Waals surface area contributed by atoms with Gasteiger partial charge in [-0.2, -0.15) is 0 Å². The maximum absolute atomic E-state index is 13.7. The second kappa shape index (κ2) is 7.83. The van der Waals surface area contributed by atoms with Gasteiger partial charge in [-0.25, -0.2) is 0 Å². The fourth-order valence-electron chi connectivity index (χ4n) is 4.63. The van der Waals surface area contributed by atoms with Crippen molar-refractivity contribution in [1.29, 1.82) is 0 Å². The number of nitrogens with one attached hydrogen (secondary N) is 2. The summed E-state index contributed by atoms with van der Waals surface area (Å²) in [4.78, 5) is 3.32. The molecule has 2 atom stereocenters. The maximum atomic E-state index is 13.7. The second-order valence-electron chi connectivity index (χ2n) is 8.01. The number of benzene rings is 2. The number of hydrogen-bond donors (Lipinski definition) is 2. The van der Waals surface area contributed by atoms with Gasteiger partial charge in [-0.05, 0) is 0 Å². The molecule has 2 unspecified atom stereocenters. The van der Waals surface area contributed by atoms with Crippen molar-refractivity contribution in [2.75, 3.05) is 11.9 Å². The van der Waals surface area contributed by atoms with E-state index in [4.69, 9.17) is 4.74 Å². The normalized spacial score (nSPS) is 24.8. The van der Waals surface area contributed by atoms with E-state index in [1.165, 1.54) is 42.5 Å². The van der Waals surface area contributed by atoms with E-state index < -0.39 is 0 Å². The van der Waals surface area contributed by atoms with Gasteiger partial charge in [0.05, 0.1) is 0 Å². The van der Waals surface area contributed by atoms with Gasteiger partial charge in [-0.15, -0.1) is 0 Å². The number of halogens is 1. The first-order valence-electron chi connectivity index (χ1n) is 10.3. The molecule has 28 heavy (non-hydrogen) atoms. The predicted octanol–water partition coefficient (Wildman–Crippen LogP) is 5.48. The summed E-state index contributed by atoms with van der Waals surface area (Å²) in [5, 5.41) is 5.81. The number of para-hydroxylation sites is 2. The molecule has 3 nitrogen and oxygen atoms in total. The molecule has 1 saturated carbocycles. The minimum absolute atomic E-state index is 0.0118. The van der Waals surface area contributed by atoms with E-state index in [2.05, 4.69) is 28.6 Å². The SMILES string of the molecule is Fc1ccc2[nH]cc(C3CCC([AsH]CC4CNc5ccccc5O4)CC3)c2c1. The summed E-state index contributed by atoms with van der Waals surface area (Å²) >= 11 is -0.0118. The molecule has 0 spiro atoms. The summed E-state index contributed by atoms with van der Waals surface area (Å²) in [6.07, 6.45) is 7.50. The molecule has 2 aromatic carbocycles. The van der Waals surface area contributed by atoms with E-state index >= 15 is 0 Å². The van der Waals surface area contributed by atoms with Crippen molar-refractivity contribution >= 4 is 32.3 Å². The topological polar surface area (TPSA) is 37.0 Å². The van der Waals surface area contributed by atoms with Crippen LogP contribution in [0.25, 0.3) is 10.9 Å². The Balaban J connectivity index is 1.15. The molecule has 3 aromatic rings. The Bertz CT molecular complexity index is 964. The minimum atomic E-state index is -0.142. The van der Waals surface area contributed by atoms with Crippen LogP contribution in [-0.2, 0) is 0 Å². The molecule has 2 heterocycles. The summed E-state index contributed by atoms with van der Waals surface area (Å²) < 4.78 is 20.8. The Kier molecular flexibility index (Phi) is 5.07. The zero-order chi connectivity index (χ0) is 18.9. The van der Waals surface area contributed by atoms with Crippen LogP contribution in [0.5, 0.6) is 5.75 Å². The first kappa shape index (κ1) is 18.1. The third-order valence-electron chi connectivity index (χ3n) is 6.18. The number of anilines is 1. The number of aromatic amines is 1. The monoisotopic (exact) mass is 440 g/mol. The molecule has 2 aliphatic rings. The Morgan fingerprint density at radius 1 is 1.07 bits per heavy atom. The van der Waals surface area contributed by atoms with E-state index in [1.807, 2.05) is 18.2 Å². The van der Waals surface area contributed by atoms with Crippen LogP contribution in [0.1, 0.15) is 37.2 Å². The summed E-state index contributed by atoms with van der Waals surface area (Å²) in [6.45, 7) is 0.927. The number of aromatic nitrogens is 1. The molecule has 0 radical (unpaired) electrons. The summed E-state index contributed by atoms with van der Waals surface area (Å²) in [6, 6.07) is 13.3. The molecule has 5 heteroatoms. The van der Waals surface area contributed by atoms with Crippen LogP contribution in [0.3, 0.4) is 0 Å². The number of H-pyrrole nitrogens is 1. The van der Waals surface area contributed by atoms with Gasteiger partial charge in [0.1, 0.15) is 0 Å². The molecule has 1 fully saturated rings. The average Bonchev–Trinajstić information content (AvgIpc) is 3.15. The average molecular weight is 440 g/mol. The van der Waals surface area contributed by atoms with Crippen molar-refractivity contribution < 1.29 is 9.13 Å². The fraction of sp³-hybridized carbons (Fsp3) is 0.391. The number of fused-ring (bicyclic) bond motifs is 2. The number of ether oxygens (including phenoxy) is 1. The van der Waals surface area contributed by atoms with E-state index in [0.717, 1.165) is 33.6 Å². The Labute approximate surface area is 171 Å². The van der Waals surface area contributed by atoms with E-state index in [0.29, 0.717) is 12.0 Å². The van der Waals surface area contributed by atoms with E-state index in [-0.39, 0.29) is 21.6 Å². The molecule has 0 saturated heterocycles. The zero-order valence-corrected chi connectivity index (χ0v) is 18.0. The molecule has 1 aromatic heterocycles.